The van der Waals surface area contributed by atoms with Gasteiger partial charge >= 0.3 is 0 Å². The molecule has 0 aliphatic heterocycles. The third kappa shape index (κ3) is 4.09. The highest BCUT2D eigenvalue weighted by Crippen LogP contribution is 2.42. The van der Waals surface area contributed by atoms with E-state index in [4.69, 9.17) is 0 Å². The van der Waals surface area contributed by atoms with Crippen molar-refractivity contribution in [1.82, 2.24) is 20.1 Å². The standard InChI is InChI=1S/C22H31N5O3/c1-13(2)15-8-7-14(3)18-19(21(29)24-16(12-28)22(4,5)6)25-27(20(15)18)17-11-26(30)10-9-23-17/h9-11,14,16,28H,7-8,12H2,1-6H3,(H,24,29)/t14-,16?/m1/s1. The number of nitrogens with zero attached hydrogens (tertiary/aromatic N) is 4. The van der Waals surface area contributed by atoms with Crippen LogP contribution in [-0.4, -0.2) is 38.4 Å². The second kappa shape index (κ2) is 8.18. The third-order valence-corrected chi connectivity index (χ3v) is 5.76. The number of aromatic nitrogens is 4. The molecule has 162 valence electrons. The zero-order chi connectivity index (χ0) is 22.2. The summed E-state index contributed by atoms with van der Waals surface area (Å²) >= 11 is 0. The summed E-state index contributed by atoms with van der Waals surface area (Å²) < 4.78 is 2.29. The lowest BCUT2D eigenvalue weighted by Crippen LogP contribution is -2.46. The number of hydrogen-bond donors (Lipinski definition) is 2. The molecule has 0 saturated heterocycles. The van der Waals surface area contributed by atoms with Crippen molar-refractivity contribution in [3.05, 3.63) is 46.3 Å². The van der Waals surface area contributed by atoms with E-state index in [0.29, 0.717) is 16.2 Å². The number of carbonyl (C=O) groups excluding carboxylic acids is 1. The summed E-state index contributed by atoms with van der Waals surface area (Å²) in [7, 11) is 0. The SMILES string of the molecule is CC(C)=C1CC[C@@H](C)c2c(C(=O)NC(CO)C(C)(C)C)nn(-c3c[n+]([O-])ccn3)c21. The van der Waals surface area contributed by atoms with Crippen molar-refractivity contribution in [2.24, 2.45) is 5.41 Å². The van der Waals surface area contributed by atoms with Gasteiger partial charge in [-0.1, -0.05) is 33.3 Å². The van der Waals surface area contributed by atoms with Crippen LogP contribution >= 0.6 is 0 Å². The van der Waals surface area contributed by atoms with Gasteiger partial charge in [-0.05, 0) is 43.6 Å². The van der Waals surface area contributed by atoms with Crippen molar-refractivity contribution in [3.63, 3.8) is 0 Å². The van der Waals surface area contributed by atoms with E-state index in [2.05, 4.69) is 22.3 Å². The third-order valence-electron chi connectivity index (χ3n) is 5.76. The van der Waals surface area contributed by atoms with E-state index in [0.717, 1.165) is 35.2 Å². The molecular weight excluding hydrogens is 382 g/mol. The molecule has 1 unspecified atom stereocenters. The van der Waals surface area contributed by atoms with Crippen molar-refractivity contribution in [2.75, 3.05) is 6.61 Å². The van der Waals surface area contributed by atoms with Gasteiger partial charge < -0.3 is 15.6 Å². The molecule has 2 aromatic rings. The maximum Gasteiger partial charge on any atom is 0.272 e. The zero-order valence-corrected chi connectivity index (χ0v) is 18.6. The van der Waals surface area contributed by atoms with Crippen molar-refractivity contribution in [2.45, 2.75) is 66.3 Å². The van der Waals surface area contributed by atoms with E-state index in [9.17, 15) is 15.1 Å². The van der Waals surface area contributed by atoms with E-state index in [-0.39, 0.29) is 23.8 Å². The Hall–Kier alpha value is -2.74. The Labute approximate surface area is 177 Å². The van der Waals surface area contributed by atoms with E-state index >= 15 is 0 Å². The van der Waals surface area contributed by atoms with Gasteiger partial charge in [0.2, 0.25) is 12.0 Å². The average Bonchev–Trinajstić information content (AvgIpc) is 3.06. The number of allylic oxidation sites excluding steroid dienone is 2. The summed E-state index contributed by atoms with van der Waals surface area (Å²) in [6.07, 6.45) is 5.86. The molecule has 0 saturated carbocycles. The van der Waals surface area contributed by atoms with Gasteiger partial charge in [0, 0.05) is 5.56 Å². The van der Waals surface area contributed by atoms with Crippen LogP contribution < -0.4 is 10.0 Å². The smallest absolute Gasteiger partial charge is 0.272 e. The number of aliphatic hydroxyl groups excluding tert-OH is 1. The highest BCUT2D eigenvalue weighted by molar-refractivity contribution is 5.96. The molecule has 0 radical (unpaired) electrons. The fraction of sp³-hybridized carbons (Fsp3) is 0.545. The molecule has 1 amide bonds. The van der Waals surface area contributed by atoms with Crippen molar-refractivity contribution >= 4 is 11.5 Å². The first-order valence-corrected chi connectivity index (χ1v) is 10.3. The molecule has 0 bridgehead atoms. The average molecular weight is 414 g/mol. The Morgan fingerprint density at radius 2 is 2.13 bits per heavy atom. The van der Waals surface area contributed by atoms with Crippen LogP contribution in [-0.2, 0) is 0 Å². The molecule has 2 aromatic heterocycles. The van der Waals surface area contributed by atoms with E-state index in [1.54, 1.807) is 4.68 Å². The van der Waals surface area contributed by atoms with Crippen LogP contribution in [0, 0.1) is 10.6 Å². The van der Waals surface area contributed by atoms with Crippen LogP contribution in [0.4, 0.5) is 0 Å². The lowest BCUT2D eigenvalue weighted by atomic mass is 9.81. The van der Waals surface area contributed by atoms with Gasteiger partial charge in [0.05, 0.1) is 24.5 Å². The lowest BCUT2D eigenvalue weighted by molar-refractivity contribution is -0.605. The summed E-state index contributed by atoms with van der Waals surface area (Å²) in [5, 5.41) is 29.2. The molecule has 2 heterocycles. The molecule has 2 N–H and O–H groups in total. The Morgan fingerprint density at radius 3 is 2.70 bits per heavy atom. The van der Waals surface area contributed by atoms with Gasteiger partial charge in [-0.15, -0.1) is 0 Å². The number of carbonyl (C=O) groups is 1. The van der Waals surface area contributed by atoms with Crippen LogP contribution in [0.5, 0.6) is 0 Å². The summed E-state index contributed by atoms with van der Waals surface area (Å²) in [5.74, 6) is 0.167. The maximum absolute atomic E-state index is 13.3. The molecule has 8 nitrogen and oxygen atoms in total. The summed E-state index contributed by atoms with van der Waals surface area (Å²) in [4.78, 5) is 17.6. The van der Waals surface area contributed by atoms with E-state index in [1.165, 1.54) is 18.6 Å². The minimum absolute atomic E-state index is 0.128. The van der Waals surface area contributed by atoms with Gasteiger partial charge in [-0.3, -0.25) is 4.79 Å². The molecular formula is C22H31N5O3. The largest absolute Gasteiger partial charge is 0.619 e. The number of amides is 1. The topological polar surface area (TPSA) is 107 Å². The fourth-order valence-electron chi connectivity index (χ4n) is 3.87. The van der Waals surface area contributed by atoms with Crippen LogP contribution in [0.2, 0.25) is 0 Å². The lowest BCUT2D eigenvalue weighted by Gasteiger charge is -2.30. The molecule has 1 aliphatic carbocycles. The molecule has 0 aromatic carbocycles. The Balaban J connectivity index is 2.19. The van der Waals surface area contributed by atoms with E-state index in [1.807, 2.05) is 34.6 Å². The van der Waals surface area contributed by atoms with Gasteiger partial charge in [-0.2, -0.15) is 9.83 Å². The normalized spacial score (nSPS) is 17.4. The molecule has 1 aliphatic rings. The minimum atomic E-state index is -0.411. The molecule has 30 heavy (non-hydrogen) atoms. The highest BCUT2D eigenvalue weighted by Gasteiger charge is 2.35. The number of rotatable bonds is 4. The van der Waals surface area contributed by atoms with Gasteiger partial charge in [-0.25, -0.2) is 9.67 Å². The quantitative estimate of drug-likeness (QED) is 0.592. The first kappa shape index (κ1) is 22.0. The summed E-state index contributed by atoms with van der Waals surface area (Å²) in [6, 6.07) is -0.411. The molecule has 0 spiro atoms. The summed E-state index contributed by atoms with van der Waals surface area (Å²) in [5.41, 5.74) is 3.98. The Kier molecular flexibility index (Phi) is 5.99. The molecule has 3 rings (SSSR count). The monoisotopic (exact) mass is 413 g/mol. The van der Waals surface area contributed by atoms with Crippen LogP contribution in [0.15, 0.2) is 24.2 Å². The summed E-state index contributed by atoms with van der Waals surface area (Å²) in [6.45, 7) is 11.9. The molecule has 8 heteroatoms. The van der Waals surface area contributed by atoms with Crippen molar-refractivity contribution in [1.29, 1.82) is 0 Å². The Morgan fingerprint density at radius 1 is 1.43 bits per heavy atom. The van der Waals surface area contributed by atoms with E-state index < -0.39 is 6.04 Å². The fourth-order valence-corrected chi connectivity index (χ4v) is 3.87. The number of fused-ring (bicyclic) bond motifs is 1. The van der Waals surface area contributed by atoms with Crippen LogP contribution in [0.3, 0.4) is 0 Å². The van der Waals surface area contributed by atoms with Crippen molar-refractivity contribution < 1.29 is 14.6 Å². The number of nitrogens with one attached hydrogen (secondary N) is 1. The first-order chi connectivity index (χ1) is 14.0. The predicted octanol–water partition coefficient (Wildman–Crippen LogP) is 2.73. The molecule has 0 fully saturated rings. The maximum atomic E-state index is 13.3. The van der Waals surface area contributed by atoms with Crippen LogP contribution in [0.25, 0.3) is 11.4 Å². The minimum Gasteiger partial charge on any atom is -0.619 e. The van der Waals surface area contributed by atoms with Crippen LogP contribution in [0.1, 0.15) is 82.0 Å². The second-order valence-electron chi connectivity index (χ2n) is 9.29. The number of hydrogen-bond acceptors (Lipinski definition) is 5. The van der Waals surface area contributed by atoms with Gasteiger partial charge in [0.1, 0.15) is 0 Å². The first-order valence-electron chi connectivity index (χ1n) is 10.3. The Bertz CT molecular complexity index is 983. The second-order valence-corrected chi connectivity index (χ2v) is 9.29. The van der Waals surface area contributed by atoms with Gasteiger partial charge in [0.25, 0.3) is 5.91 Å². The zero-order valence-electron chi connectivity index (χ0n) is 18.6. The number of aliphatic hydroxyl groups is 1. The molecule has 2 atom stereocenters. The highest BCUT2D eigenvalue weighted by atomic mass is 16.5. The predicted molar refractivity (Wildman–Crippen MR) is 114 cm³/mol. The van der Waals surface area contributed by atoms with Gasteiger partial charge in [0.15, 0.2) is 11.9 Å². The van der Waals surface area contributed by atoms with Crippen molar-refractivity contribution in [3.8, 4) is 5.82 Å².